The van der Waals surface area contributed by atoms with Crippen LogP contribution in [0.2, 0.25) is 0 Å². The van der Waals surface area contributed by atoms with E-state index in [1.807, 2.05) is 0 Å². The molecule has 2 aromatic carbocycles. The average Bonchev–Trinajstić information content (AvgIpc) is 2.59. The van der Waals surface area contributed by atoms with Crippen molar-refractivity contribution in [3.8, 4) is 5.75 Å². The third-order valence-electron chi connectivity index (χ3n) is 3.03. The second kappa shape index (κ2) is 7.62. The number of nitrogens with one attached hydrogen (secondary N) is 1. The number of carbonyl (C=O) groups is 1. The van der Waals surface area contributed by atoms with Gasteiger partial charge in [-0.1, -0.05) is 6.07 Å². The van der Waals surface area contributed by atoms with Crippen molar-refractivity contribution in [1.82, 2.24) is 0 Å². The quantitative estimate of drug-likeness (QED) is 0.451. The fourth-order valence-electron chi connectivity index (χ4n) is 1.81. The number of anilines is 1. The summed E-state index contributed by atoms with van der Waals surface area (Å²) >= 11 is 0. The number of nitro groups is 1. The van der Waals surface area contributed by atoms with E-state index >= 15 is 0 Å². The molecule has 0 unspecified atom stereocenters. The number of methoxy groups -OCH3 is 1. The van der Waals surface area contributed by atoms with Crippen LogP contribution >= 0.6 is 0 Å². The van der Waals surface area contributed by atoms with Gasteiger partial charge in [0.05, 0.1) is 22.6 Å². The molecule has 132 valence electrons. The standard InChI is InChI=1S/C15H14N2O7S/c1-23-15(18)10-24-13-5-7-14(8-6-13)25(21,22)16-11-3-2-4-12(9-11)17(19)20/h2-9,16H,10H2,1H3. The summed E-state index contributed by atoms with van der Waals surface area (Å²) in [5.74, 6) is -0.274. The molecule has 0 aliphatic carbocycles. The fourth-order valence-corrected chi connectivity index (χ4v) is 2.86. The van der Waals surface area contributed by atoms with Gasteiger partial charge in [-0.2, -0.15) is 0 Å². The van der Waals surface area contributed by atoms with Gasteiger partial charge in [-0.25, -0.2) is 13.2 Å². The van der Waals surface area contributed by atoms with Gasteiger partial charge in [-0.3, -0.25) is 14.8 Å². The summed E-state index contributed by atoms with van der Waals surface area (Å²) in [6.07, 6.45) is 0. The first-order valence-corrected chi connectivity index (χ1v) is 8.37. The zero-order valence-electron chi connectivity index (χ0n) is 13.0. The first kappa shape index (κ1) is 18.2. The lowest BCUT2D eigenvalue weighted by atomic mass is 10.3. The molecule has 0 spiro atoms. The number of carbonyl (C=O) groups excluding carboxylic acids is 1. The topological polar surface area (TPSA) is 125 Å². The third-order valence-corrected chi connectivity index (χ3v) is 4.42. The predicted octanol–water partition coefficient (Wildman–Crippen LogP) is 1.95. The minimum absolute atomic E-state index is 0.0653. The molecule has 0 heterocycles. The summed E-state index contributed by atoms with van der Waals surface area (Å²) < 4.78 is 36.4. The van der Waals surface area contributed by atoms with Gasteiger partial charge >= 0.3 is 5.97 Å². The highest BCUT2D eigenvalue weighted by Gasteiger charge is 2.16. The van der Waals surface area contributed by atoms with E-state index in [4.69, 9.17) is 4.74 Å². The smallest absolute Gasteiger partial charge is 0.343 e. The highest BCUT2D eigenvalue weighted by molar-refractivity contribution is 7.92. The molecule has 0 aliphatic heterocycles. The summed E-state index contributed by atoms with van der Waals surface area (Å²) in [7, 11) is -2.71. The van der Waals surface area contributed by atoms with Crippen LogP contribution in [0.5, 0.6) is 5.75 Å². The Labute approximate surface area is 143 Å². The number of rotatable bonds is 7. The van der Waals surface area contributed by atoms with E-state index in [0.717, 1.165) is 6.07 Å². The van der Waals surface area contributed by atoms with Crippen LogP contribution in [0.4, 0.5) is 11.4 Å². The Bertz CT molecular complexity index is 879. The molecular formula is C15H14N2O7S. The van der Waals surface area contributed by atoms with Gasteiger partial charge in [0.2, 0.25) is 0 Å². The van der Waals surface area contributed by atoms with Crippen molar-refractivity contribution >= 4 is 27.4 Å². The Morgan fingerprint density at radius 1 is 1.20 bits per heavy atom. The molecule has 0 aliphatic rings. The van der Waals surface area contributed by atoms with E-state index in [1.165, 1.54) is 49.6 Å². The Morgan fingerprint density at radius 2 is 1.88 bits per heavy atom. The molecule has 2 rings (SSSR count). The molecule has 0 bridgehead atoms. The lowest BCUT2D eigenvalue weighted by molar-refractivity contribution is -0.384. The number of hydrogen-bond acceptors (Lipinski definition) is 7. The number of nitro benzene ring substituents is 1. The highest BCUT2D eigenvalue weighted by atomic mass is 32.2. The highest BCUT2D eigenvalue weighted by Crippen LogP contribution is 2.22. The van der Waals surface area contributed by atoms with E-state index in [0.29, 0.717) is 5.75 Å². The van der Waals surface area contributed by atoms with E-state index in [-0.39, 0.29) is 22.9 Å². The van der Waals surface area contributed by atoms with Gasteiger partial charge in [0, 0.05) is 12.1 Å². The van der Waals surface area contributed by atoms with Gasteiger partial charge in [0.1, 0.15) is 5.75 Å². The minimum atomic E-state index is -3.93. The van der Waals surface area contributed by atoms with Gasteiger partial charge in [0.25, 0.3) is 15.7 Å². The van der Waals surface area contributed by atoms with Crippen molar-refractivity contribution in [1.29, 1.82) is 0 Å². The maximum atomic E-state index is 12.3. The molecule has 25 heavy (non-hydrogen) atoms. The normalized spacial score (nSPS) is 10.8. The number of sulfonamides is 1. The van der Waals surface area contributed by atoms with Crippen molar-refractivity contribution in [3.63, 3.8) is 0 Å². The second-order valence-corrected chi connectivity index (χ2v) is 6.43. The summed E-state index contributed by atoms with van der Waals surface area (Å²) in [4.78, 5) is 21.0. The van der Waals surface area contributed by atoms with E-state index in [9.17, 15) is 23.3 Å². The van der Waals surface area contributed by atoms with Crippen molar-refractivity contribution in [3.05, 3.63) is 58.6 Å². The number of non-ortho nitro benzene ring substituents is 1. The number of ether oxygens (including phenoxy) is 2. The Morgan fingerprint density at radius 3 is 2.48 bits per heavy atom. The molecule has 0 amide bonds. The SMILES string of the molecule is COC(=O)COc1ccc(S(=O)(=O)Nc2cccc([N+](=O)[O-])c2)cc1. The van der Waals surface area contributed by atoms with E-state index in [2.05, 4.69) is 9.46 Å². The van der Waals surface area contributed by atoms with Crippen LogP contribution in [-0.2, 0) is 19.6 Å². The van der Waals surface area contributed by atoms with Crippen molar-refractivity contribution < 1.29 is 27.6 Å². The van der Waals surface area contributed by atoms with Crippen LogP contribution in [0.15, 0.2) is 53.4 Å². The monoisotopic (exact) mass is 366 g/mol. The van der Waals surface area contributed by atoms with Crippen LogP contribution in [-0.4, -0.2) is 33.0 Å². The molecule has 0 atom stereocenters. The molecule has 0 aromatic heterocycles. The minimum Gasteiger partial charge on any atom is -0.482 e. The van der Waals surface area contributed by atoms with Gasteiger partial charge in [-0.15, -0.1) is 0 Å². The lowest BCUT2D eigenvalue weighted by Gasteiger charge is -2.09. The molecule has 0 saturated heterocycles. The van der Waals surface area contributed by atoms with Crippen molar-refractivity contribution in [2.75, 3.05) is 18.4 Å². The fraction of sp³-hybridized carbons (Fsp3) is 0.133. The van der Waals surface area contributed by atoms with Crippen molar-refractivity contribution in [2.24, 2.45) is 0 Å². The van der Waals surface area contributed by atoms with Gasteiger partial charge < -0.3 is 9.47 Å². The molecule has 0 radical (unpaired) electrons. The predicted molar refractivity (Wildman–Crippen MR) is 87.9 cm³/mol. The number of hydrogen-bond donors (Lipinski definition) is 1. The molecular weight excluding hydrogens is 352 g/mol. The first-order chi connectivity index (χ1) is 11.8. The van der Waals surface area contributed by atoms with Crippen LogP contribution in [0.1, 0.15) is 0 Å². The number of esters is 1. The molecule has 9 nitrogen and oxygen atoms in total. The summed E-state index contributed by atoms with van der Waals surface area (Å²) in [6.45, 7) is -0.297. The number of benzene rings is 2. The van der Waals surface area contributed by atoms with E-state index < -0.39 is 20.9 Å². The van der Waals surface area contributed by atoms with Crippen LogP contribution in [0, 0.1) is 10.1 Å². The zero-order valence-corrected chi connectivity index (χ0v) is 13.9. The Kier molecular flexibility index (Phi) is 5.55. The number of nitrogens with zero attached hydrogens (tertiary/aromatic N) is 1. The average molecular weight is 366 g/mol. The Hall–Kier alpha value is -3.14. The molecule has 2 aromatic rings. The van der Waals surface area contributed by atoms with E-state index in [1.54, 1.807) is 0 Å². The largest absolute Gasteiger partial charge is 0.482 e. The summed E-state index contributed by atoms with van der Waals surface area (Å²) in [5.41, 5.74) is -0.160. The molecule has 10 heteroatoms. The maximum Gasteiger partial charge on any atom is 0.343 e. The second-order valence-electron chi connectivity index (χ2n) is 4.75. The van der Waals surface area contributed by atoms with Gasteiger partial charge in [0.15, 0.2) is 6.61 Å². The first-order valence-electron chi connectivity index (χ1n) is 6.89. The van der Waals surface area contributed by atoms with Crippen molar-refractivity contribution in [2.45, 2.75) is 4.90 Å². The molecule has 0 fully saturated rings. The lowest BCUT2D eigenvalue weighted by Crippen LogP contribution is -2.14. The maximum absolute atomic E-state index is 12.3. The van der Waals surface area contributed by atoms with Crippen LogP contribution in [0.3, 0.4) is 0 Å². The van der Waals surface area contributed by atoms with Crippen LogP contribution in [0.25, 0.3) is 0 Å². The Balaban J connectivity index is 2.12. The van der Waals surface area contributed by atoms with Gasteiger partial charge in [-0.05, 0) is 30.3 Å². The van der Waals surface area contributed by atoms with Crippen LogP contribution < -0.4 is 9.46 Å². The zero-order chi connectivity index (χ0) is 18.4. The summed E-state index contributed by atoms with van der Waals surface area (Å²) in [5, 5.41) is 10.7. The molecule has 0 saturated carbocycles. The molecule has 1 N–H and O–H groups in total. The summed E-state index contributed by atoms with van der Waals surface area (Å²) in [6, 6.07) is 10.5. The third kappa shape index (κ3) is 4.91.